The molecule has 0 aromatic heterocycles. The number of anilines is 1. The number of phenols is 1. The van der Waals surface area contributed by atoms with Gasteiger partial charge in [-0.1, -0.05) is 17.7 Å². The van der Waals surface area contributed by atoms with Crippen LogP contribution in [0.1, 0.15) is 12.0 Å². The number of hydrogen-bond acceptors (Lipinski definition) is 4. The first-order valence-electron chi connectivity index (χ1n) is 7.09. The SMILES string of the molecule is O=C1CN(c2c(O)ccc(C3=CC(CC(F)F)NC3)c2Cl)S(=O)N1. The summed E-state index contributed by atoms with van der Waals surface area (Å²) in [5.41, 5.74) is 1.31. The largest absolute Gasteiger partial charge is 0.506 e. The second-order valence-electron chi connectivity index (χ2n) is 5.41. The number of benzene rings is 1. The predicted octanol–water partition coefficient (Wildman–Crippen LogP) is 1.57. The molecule has 0 aliphatic carbocycles. The van der Waals surface area contributed by atoms with Gasteiger partial charge in [-0.3, -0.25) is 13.8 Å². The smallest absolute Gasteiger partial charge is 0.253 e. The van der Waals surface area contributed by atoms with Crippen LogP contribution in [0, 0.1) is 0 Å². The Morgan fingerprint density at radius 3 is 2.83 bits per heavy atom. The lowest BCUT2D eigenvalue weighted by molar-refractivity contribution is -0.117. The Balaban J connectivity index is 1.95. The molecule has 24 heavy (non-hydrogen) atoms. The first kappa shape index (κ1) is 17.1. The number of halogens is 3. The summed E-state index contributed by atoms with van der Waals surface area (Å²) in [5, 5.41) is 13.1. The maximum Gasteiger partial charge on any atom is 0.253 e. The van der Waals surface area contributed by atoms with E-state index in [0.717, 1.165) is 4.31 Å². The molecule has 10 heteroatoms. The summed E-state index contributed by atoms with van der Waals surface area (Å²) in [7, 11) is 0. The van der Waals surface area contributed by atoms with Gasteiger partial charge in [-0.15, -0.1) is 0 Å². The minimum atomic E-state index is -2.42. The zero-order chi connectivity index (χ0) is 17.4. The van der Waals surface area contributed by atoms with E-state index in [1.807, 2.05) is 0 Å². The first-order chi connectivity index (χ1) is 11.4. The van der Waals surface area contributed by atoms with Crippen LogP contribution >= 0.6 is 11.6 Å². The zero-order valence-electron chi connectivity index (χ0n) is 12.3. The van der Waals surface area contributed by atoms with Gasteiger partial charge in [0.2, 0.25) is 17.6 Å². The van der Waals surface area contributed by atoms with Gasteiger partial charge >= 0.3 is 0 Å². The summed E-state index contributed by atoms with van der Waals surface area (Å²) in [6, 6.07) is 2.48. The maximum atomic E-state index is 12.5. The van der Waals surface area contributed by atoms with Crippen molar-refractivity contribution in [2.45, 2.75) is 18.9 Å². The molecule has 1 saturated heterocycles. The number of phenolic OH excluding ortho intramolecular Hbond substituents is 1. The van der Waals surface area contributed by atoms with Gasteiger partial charge in [0.1, 0.15) is 18.0 Å². The quantitative estimate of drug-likeness (QED) is 0.744. The van der Waals surface area contributed by atoms with E-state index in [1.54, 1.807) is 12.1 Å². The van der Waals surface area contributed by atoms with Crippen LogP contribution in [0.4, 0.5) is 14.5 Å². The molecule has 0 bridgehead atoms. The monoisotopic (exact) mass is 377 g/mol. The molecule has 2 atom stereocenters. The highest BCUT2D eigenvalue weighted by Gasteiger charge is 2.32. The number of carbonyl (C=O) groups is 1. The molecule has 2 aliphatic rings. The Morgan fingerprint density at radius 1 is 1.46 bits per heavy atom. The number of carbonyl (C=O) groups excluding carboxylic acids is 1. The second kappa shape index (κ2) is 6.66. The fraction of sp³-hybridized carbons (Fsp3) is 0.357. The highest BCUT2D eigenvalue weighted by Crippen LogP contribution is 2.41. The van der Waals surface area contributed by atoms with Crippen molar-refractivity contribution in [1.82, 2.24) is 10.0 Å². The van der Waals surface area contributed by atoms with Gasteiger partial charge < -0.3 is 10.4 Å². The van der Waals surface area contributed by atoms with Crippen LogP contribution in [0.5, 0.6) is 5.75 Å². The maximum absolute atomic E-state index is 12.5. The Labute approximate surface area is 144 Å². The van der Waals surface area contributed by atoms with Crippen molar-refractivity contribution in [3.63, 3.8) is 0 Å². The van der Waals surface area contributed by atoms with Crippen molar-refractivity contribution in [2.75, 3.05) is 17.4 Å². The number of aromatic hydroxyl groups is 1. The van der Waals surface area contributed by atoms with E-state index in [0.29, 0.717) is 17.7 Å². The summed E-state index contributed by atoms with van der Waals surface area (Å²) < 4.78 is 40.3. The van der Waals surface area contributed by atoms with E-state index in [4.69, 9.17) is 11.6 Å². The van der Waals surface area contributed by atoms with Gasteiger partial charge in [-0.2, -0.15) is 0 Å². The van der Waals surface area contributed by atoms with Crippen molar-refractivity contribution in [3.8, 4) is 5.75 Å². The molecule has 1 aromatic rings. The van der Waals surface area contributed by atoms with E-state index in [-0.39, 0.29) is 29.4 Å². The fourth-order valence-electron chi connectivity index (χ4n) is 2.71. The Kier molecular flexibility index (Phi) is 4.75. The molecule has 6 nitrogen and oxygen atoms in total. The average Bonchev–Trinajstić information content (AvgIpc) is 3.05. The lowest BCUT2D eigenvalue weighted by Crippen LogP contribution is -2.24. The summed E-state index contributed by atoms with van der Waals surface area (Å²) in [6.45, 7) is 0.149. The summed E-state index contributed by atoms with van der Waals surface area (Å²) in [6.07, 6.45) is -1.06. The first-order valence-corrected chi connectivity index (χ1v) is 8.58. The standard InChI is InChI=1S/C14H14ClF2N3O3S/c15-13-9(7-3-8(18-5-7)4-11(16)17)1-2-10(21)14(13)20-6-12(22)19-24(20)23/h1-3,8,11,18,21H,4-6H2,(H,19,22). The molecule has 0 radical (unpaired) electrons. The summed E-state index contributed by atoms with van der Waals surface area (Å²) in [5.74, 6) is -0.669. The molecular formula is C14H14ClF2N3O3S. The Bertz CT molecular complexity index is 744. The second-order valence-corrected chi connectivity index (χ2v) is 6.93. The van der Waals surface area contributed by atoms with Gasteiger partial charge in [0.25, 0.3) is 5.91 Å². The molecule has 2 aliphatic heterocycles. The van der Waals surface area contributed by atoms with Crippen molar-refractivity contribution in [2.24, 2.45) is 0 Å². The van der Waals surface area contributed by atoms with Crippen LogP contribution in [-0.4, -0.2) is 40.8 Å². The van der Waals surface area contributed by atoms with Crippen molar-refractivity contribution in [1.29, 1.82) is 0 Å². The van der Waals surface area contributed by atoms with E-state index >= 15 is 0 Å². The molecule has 3 N–H and O–H groups in total. The topological polar surface area (TPSA) is 81.7 Å². The van der Waals surface area contributed by atoms with Crippen LogP contribution in [0.3, 0.4) is 0 Å². The predicted molar refractivity (Wildman–Crippen MR) is 87.1 cm³/mol. The van der Waals surface area contributed by atoms with Crippen molar-refractivity contribution in [3.05, 3.63) is 28.8 Å². The van der Waals surface area contributed by atoms with Crippen molar-refractivity contribution >= 4 is 39.9 Å². The molecule has 2 unspecified atom stereocenters. The minimum absolute atomic E-state index is 0.0732. The van der Waals surface area contributed by atoms with E-state index in [2.05, 4.69) is 10.0 Å². The number of alkyl halides is 2. The number of nitrogens with one attached hydrogen (secondary N) is 2. The Hall–Kier alpha value is -1.71. The Morgan fingerprint density at radius 2 is 2.21 bits per heavy atom. The molecule has 1 fully saturated rings. The lowest BCUT2D eigenvalue weighted by atomic mass is 10.0. The zero-order valence-corrected chi connectivity index (χ0v) is 13.8. The molecular weight excluding hydrogens is 364 g/mol. The lowest BCUT2D eigenvalue weighted by Gasteiger charge is -2.19. The summed E-state index contributed by atoms with van der Waals surface area (Å²) >= 11 is 4.52. The van der Waals surface area contributed by atoms with Crippen LogP contribution in [0.15, 0.2) is 18.2 Å². The molecule has 2 heterocycles. The summed E-state index contributed by atoms with van der Waals surface area (Å²) in [4.78, 5) is 11.4. The molecule has 1 aromatic carbocycles. The fourth-order valence-corrected chi connectivity index (χ4v) is 4.09. The van der Waals surface area contributed by atoms with Crippen LogP contribution < -0.4 is 14.3 Å². The van der Waals surface area contributed by atoms with Gasteiger partial charge in [0.15, 0.2) is 0 Å². The van der Waals surface area contributed by atoms with Gasteiger partial charge in [0, 0.05) is 19.0 Å². The normalized spacial score (nSPS) is 23.8. The van der Waals surface area contributed by atoms with E-state index < -0.39 is 29.5 Å². The third-order valence-electron chi connectivity index (χ3n) is 3.77. The van der Waals surface area contributed by atoms with Gasteiger partial charge in [-0.25, -0.2) is 13.0 Å². The number of rotatable bonds is 4. The molecule has 1 amide bonds. The van der Waals surface area contributed by atoms with E-state index in [1.165, 1.54) is 6.07 Å². The van der Waals surface area contributed by atoms with Gasteiger partial charge in [0.05, 0.1) is 5.02 Å². The molecule has 130 valence electrons. The van der Waals surface area contributed by atoms with Crippen LogP contribution in [-0.2, 0) is 16.0 Å². The highest BCUT2D eigenvalue weighted by atomic mass is 35.5. The average molecular weight is 378 g/mol. The van der Waals surface area contributed by atoms with Crippen molar-refractivity contribution < 1.29 is 22.9 Å². The third-order valence-corrected chi connectivity index (χ3v) is 5.26. The number of nitrogens with zero attached hydrogens (tertiary/aromatic N) is 1. The molecule has 3 rings (SSSR count). The number of amides is 1. The highest BCUT2D eigenvalue weighted by molar-refractivity contribution is 7.85. The molecule has 0 spiro atoms. The van der Waals surface area contributed by atoms with Crippen LogP contribution in [0.2, 0.25) is 5.02 Å². The third kappa shape index (κ3) is 3.24. The minimum Gasteiger partial charge on any atom is -0.506 e. The van der Waals surface area contributed by atoms with Gasteiger partial charge in [-0.05, 0) is 23.3 Å². The number of hydrogen-bond donors (Lipinski definition) is 3. The van der Waals surface area contributed by atoms with Crippen LogP contribution in [0.25, 0.3) is 5.57 Å². The molecule has 0 saturated carbocycles. The van der Waals surface area contributed by atoms with E-state index in [9.17, 15) is 22.9 Å².